The number of benzene rings is 3. The van der Waals surface area contributed by atoms with Crippen LogP contribution in [0.25, 0.3) is 11.1 Å². The van der Waals surface area contributed by atoms with Crippen LogP contribution in [0.5, 0.6) is 0 Å². The number of halogens is 1. The molecule has 3 N–H and O–H groups in total. The average Bonchev–Trinajstić information content (AvgIpc) is 3.08. The molecule has 1 fully saturated rings. The number of nitrogens with one attached hydrogen (secondary N) is 3. The standard InChI is InChI=1S/C38H48FN5O3/c1-5-35(37(46)42-23-26(2)3)41-25-33(19-27-11-7-6-8-12-27)43-36(45)30-20-29(34-14-10-9-13-28(34)24-40-4)21-31(22-30)38(47)44-17-15-32(39)16-18-44/h6-14,20-22,24,26,32-33,35,41H,5,15-19,23,25H2,1-4H3,(H,42,46)(H,43,45)/t33-,35-/m0/s1. The Bertz CT molecular complexity index is 1520. The molecule has 9 heteroatoms. The molecule has 3 aromatic carbocycles. The van der Waals surface area contributed by atoms with Gasteiger partial charge in [0.15, 0.2) is 0 Å². The van der Waals surface area contributed by atoms with Gasteiger partial charge in [-0.25, -0.2) is 4.39 Å². The van der Waals surface area contributed by atoms with Crippen molar-refractivity contribution in [1.82, 2.24) is 20.9 Å². The summed E-state index contributed by atoms with van der Waals surface area (Å²) in [5.74, 6) is -0.279. The summed E-state index contributed by atoms with van der Waals surface area (Å²) in [6, 6.07) is 22.1. The van der Waals surface area contributed by atoms with Gasteiger partial charge in [0.25, 0.3) is 11.8 Å². The molecule has 1 aliphatic rings. The van der Waals surface area contributed by atoms with Gasteiger partial charge in [-0.3, -0.25) is 19.4 Å². The predicted molar refractivity (Wildman–Crippen MR) is 187 cm³/mol. The quantitative estimate of drug-likeness (QED) is 0.204. The van der Waals surface area contributed by atoms with Crippen LogP contribution in [0.4, 0.5) is 4.39 Å². The van der Waals surface area contributed by atoms with E-state index in [0.29, 0.717) is 74.5 Å². The molecule has 47 heavy (non-hydrogen) atoms. The van der Waals surface area contributed by atoms with Crippen molar-refractivity contribution in [3.63, 3.8) is 0 Å². The molecule has 4 rings (SSSR count). The first-order chi connectivity index (χ1) is 22.7. The number of amides is 3. The second-order valence-electron chi connectivity index (χ2n) is 12.6. The normalized spacial score (nSPS) is 15.1. The predicted octanol–water partition coefficient (Wildman–Crippen LogP) is 5.46. The summed E-state index contributed by atoms with van der Waals surface area (Å²) in [5.41, 5.74) is 4.17. The molecule has 250 valence electrons. The zero-order valence-electron chi connectivity index (χ0n) is 28.0. The molecular formula is C38H48FN5O3. The minimum absolute atomic E-state index is 0.0621. The second-order valence-corrected chi connectivity index (χ2v) is 12.6. The summed E-state index contributed by atoms with van der Waals surface area (Å²) < 4.78 is 13.9. The van der Waals surface area contributed by atoms with Gasteiger partial charge in [0.2, 0.25) is 5.91 Å². The molecule has 1 heterocycles. The Balaban J connectivity index is 1.64. The number of carbonyl (C=O) groups excluding carboxylic acids is 3. The van der Waals surface area contributed by atoms with Crippen LogP contribution in [0.15, 0.2) is 77.8 Å². The van der Waals surface area contributed by atoms with Crippen molar-refractivity contribution in [2.45, 2.75) is 64.7 Å². The number of likely N-dealkylation sites (tertiary alicyclic amines) is 1. The molecule has 1 saturated heterocycles. The molecule has 3 amide bonds. The highest BCUT2D eigenvalue weighted by atomic mass is 19.1. The van der Waals surface area contributed by atoms with Crippen LogP contribution < -0.4 is 16.0 Å². The second kappa shape index (κ2) is 17.5. The molecule has 0 aromatic heterocycles. The number of alkyl halides is 1. The Kier molecular flexibility index (Phi) is 13.2. The number of hydrogen-bond acceptors (Lipinski definition) is 5. The largest absolute Gasteiger partial charge is 0.354 e. The van der Waals surface area contributed by atoms with E-state index in [9.17, 15) is 18.8 Å². The van der Waals surface area contributed by atoms with Gasteiger partial charge < -0.3 is 20.9 Å². The molecule has 0 spiro atoms. The maximum absolute atomic E-state index is 14.0. The minimum Gasteiger partial charge on any atom is -0.354 e. The zero-order chi connectivity index (χ0) is 33.8. The van der Waals surface area contributed by atoms with Crippen LogP contribution in [0.2, 0.25) is 0 Å². The van der Waals surface area contributed by atoms with Gasteiger partial charge in [-0.15, -0.1) is 0 Å². The summed E-state index contributed by atoms with van der Waals surface area (Å²) >= 11 is 0. The van der Waals surface area contributed by atoms with Gasteiger partial charge in [-0.1, -0.05) is 75.4 Å². The van der Waals surface area contributed by atoms with E-state index < -0.39 is 12.2 Å². The van der Waals surface area contributed by atoms with Crippen molar-refractivity contribution in [2.24, 2.45) is 10.9 Å². The first-order valence-electron chi connectivity index (χ1n) is 16.6. The summed E-state index contributed by atoms with van der Waals surface area (Å²) in [7, 11) is 1.70. The van der Waals surface area contributed by atoms with E-state index >= 15 is 0 Å². The molecular weight excluding hydrogens is 593 g/mol. The zero-order valence-corrected chi connectivity index (χ0v) is 28.0. The fourth-order valence-corrected chi connectivity index (χ4v) is 5.76. The van der Waals surface area contributed by atoms with Gasteiger partial charge in [0.1, 0.15) is 6.17 Å². The molecule has 3 aromatic rings. The monoisotopic (exact) mass is 641 g/mol. The lowest BCUT2D eigenvalue weighted by Gasteiger charge is -2.29. The fourth-order valence-electron chi connectivity index (χ4n) is 5.76. The number of hydrogen-bond donors (Lipinski definition) is 3. The van der Waals surface area contributed by atoms with Crippen LogP contribution in [0, 0.1) is 5.92 Å². The van der Waals surface area contributed by atoms with E-state index in [2.05, 4.69) is 34.8 Å². The topological polar surface area (TPSA) is 103 Å². The molecule has 2 atom stereocenters. The van der Waals surface area contributed by atoms with Crippen LogP contribution >= 0.6 is 0 Å². The lowest BCUT2D eigenvalue weighted by Crippen LogP contribution is -2.50. The highest BCUT2D eigenvalue weighted by Gasteiger charge is 2.26. The fraction of sp³-hybridized carbons (Fsp3) is 0.421. The van der Waals surface area contributed by atoms with Crippen molar-refractivity contribution >= 4 is 23.9 Å². The lowest BCUT2D eigenvalue weighted by molar-refractivity contribution is -0.123. The number of aliphatic imine (C=N–C) groups is 1. The summed E-state index contributed by atoms with van der Waals surface area (Å²) in [5, 5.41) is 9.56. The Labute approximate surface area is 278 Å². The van der Waals surface area contributed by atoms with Gasteiger partial charge in [-0.05, 0) is 66.5 Å². The Morgan fingerprint density at radius 2 is 1.64 bits per heavy atom. The highest BCUT2D eigenvalue weighted by Crippen LogP contribution is 2.27. The highest BCUT2D eigenvalue weighted by molar-refractivity contribution is 6.02. The number of carbonyl (C=O) groups is 3. The Morgan fingerprint density at radius 3 is 2.32 bits per heavy atom. The molecule has 1 aliphatic heterocycles. The first kappa shape index (κ1) is 35.5. The Morgan fingerprint density at radius 1 is 0.957 bits per heavy atom. The molecule has 8 nitrogen and oxygen atoms in total. The van der Waals surface area contributed by atoms with Crippen molar-refractivity contribution in [2.75, 3.05) is 33.2 Å². The van der Waals surface area contributed by atoms with Crippen LogP contribution in [-0.4, -0.2) is 80.3 Å². The molecule has 0 unspecified atom stereocenters. The molecule has 0 radical (unpaired) electrons. The summed E-state index contributed by atoms with van der Waals surface area (Å²) in [4.78, 5) is 46.5. The van der Waals surface area contributed by atoms with E-state index in [1.54, 1.807) is 36.4 Å². The third-order valence-electron chi connectivity index (χ3n) is 8.37. The van der Waals surface area contributed by atoms with E-state index in [1.807, 2.05) is 61.5 Å². The minimum atomic E-state index is -0.907. The first-order valence-corrected chi connectivity index (χ1v) is 16.6. The van der Waals surface area contributed by atoms with Crippen molar-refractivity contribution < 1.29 is 18.8 Å². The lowest BCUT2D eigenvalue weighted by atomic mass is 9.95. The summed E-state index contributed by atoms with van der Waals surface area (Å²) in [6.07, 6.45) is 2.59. The van der Waals surface area contributed by atoms with Crippen molar-refractivity contribution in [1.29, 1.82) is 0 Å². The third kappa shape index (κ3) is 10.3. The molecule has 0 saturated carbocycles. The maximum atomic E-state index is 14.0. The van der Waals surface area contributed by atoms with Crippen molar-refractivity contribution in [3.05, 3.63) is 95.1 Å². The van der Waals surface area contributed by atoms with E-state index in [1.165, 1.54) is 0 Å². The van der Waals surface area contributed by atoms with Gasteiger partial charge >= 0.3 is 0 Å². The number of piperidine rings is 1. The van der Waals surface area contributed by atoms with Gasteiger partial charge in [0.05, 0.1) is 6.04 Å². The van der Waals surface area contributed by atoms with Gasteiger partial charge in [0, 0.05) is 62.2 Å². The molecule has 0 aliphatic carbocycles. The third-order valence-corrected chi connectivity index (χ3v) is 8.37. The number of rotatable bonds is 14. The Hall–Kier alpha value is -4.37. The van der Waals surface area contributed by atoms with Gasteiger partial charge in [-0.2, -0.15) is 0 Å². The van der Waals surface area contributed by atoms with E-state index in [-0.39, 0.29) is 23.8 Å². The number of nitrogens with zero attached hydrogens (tertiary/aromatic N) is 2. The smallest absolute Gasteiger partial charge is 0.253 e. The molecule has 0 bridgehead atoms. The average molecular weight is 642 g/mol. The van der Waals surface area contributed by atoms with Crippen LogP contribution in [0.1, 0.15) is 71.9 Å². The van der Waals surface area contributed by atoms with E-state index in [0.717, 1.165) is 16.7 Å². The SMILES string of the molecule is CC[C@H](NC[C@H](Cc1ccccc1)NC(=O)c1cc(C(=O)N2CCC(F)CC2)cc(-c2ccccc2C=NC)c1)C(=O)NCC(C)C. The van der Waals surface area contributed by atoms with Crippen LogP contribution in [0.3, 0.4) is 0 Å². The van der Waals surface area contributed by atoms with Crippen LogP contribution in [-0.2, 0) is 11.2 Å². The maximum Gasteiger partial charge on any atom is 0.253 e. The van der Waals surface area contributed by atoms with E-state index in [4.69, 9.17) is 0 Å². The summed E-state index contributed by atoms with van der Waals surface area (Å²) in [6.45, 7) is 7.69. The van der Waals surface area contributed by atoms with Crippen molar-refractivity contribution in [3.8, 4) is 11.1 Å².